The first-order chi connectivity index (χ1) is 13.5. The van der Waals surface area contributed by atoms with Gasteiger partial charge in [0, 0.05) is 30.1 Å². The van der Waals surface area contributed by atoms with E-state index in [4.69, 9.17) is 0 Å². The Labute approximate surface area is 166 Å². The van der Waals surface area contributed by atoms with Gasteiger partial charge in [-0.1, -0.05) is 25.5 Å². The second kappa shape index (κ2) is 8.88. The minimum Gasteiger partial charge on any atom is -0.296 e. The van der Waals surface area contributed by atoms with Crippen LogP contribution in [-0.4, -0.2) is 20.7 Å². The Morgan fingerprint density at radius 3 is 2.86 bits per heavy atom. The van der Waals surface area contributed by atoms with Gasteiger partial charge >= 0.3 is 0 Å². The number of unbranched alkanes of at least 4 members (excludes halogenated alkanes) is 1. The van der Waals surface area contributed by atoms with Crippen LogP contribution in [0.1, 0.15) is 46.3 Å². The lowest BCUT2D eigenvalue weighted by Gasteiger charge is -2.06. The van der Waals surface area contributed by atoms with E-state index in [1.165, 1.54) is 34.2 Å². The second-order valence-electron chi connectivity index (χ2n) is 6.48. The van der Waals surface area contributed by atoms with Crippen molar-refractivity contribution >= 4 is 22.4 Å². The van der Waals surface area contributed by atoms with Gasteiger partial charge in [0.2, 0.25) is 0 Å². The number of aromatic nitrogens is 3. The highest BCUT2D eigenvalue weighted by molar-refractivity contribution is 7.15. The molecular formula is C20H21FN4O2S. The number of aryl methyl sites for hydroxylation is 2. The Morgan fingerprint density at radius 2 is 2.11 bits per heavy atom. The van der Waals surface area contributed by atoms with E-state index in [1.54, 1.807) is 19.2 Å². The quantitative estimate of drug-likeness (QED) is 0.655. The standard InChI is InChI=1S/C20H21FN4O2S/c1-3-4-9-25-18(26)8-7-17(24-25)19(27)23-20-22-12-15(28-20)10-14-6-5-13(2)16(21)11-14/h5-8,11-12H,3-4,9-10H2,1-2H3,(H,22,23,27). The predicted octanol–water partition coefficient (Wildman–Crippen LogP) is 3.79. The van der Waals surface area contributed by atoms with E-state index in [2.05, 4.69) is 15.4 Å². The number of hydrogen-bond acceptors (Lipinski definition) is 5. The zero-order chi connectivity index (χ0) is 20.1. The fraction of sp³-hybridized carbons (Fsp3) is 0.300. The molecule has 0 bridgehead atoms. The molecule has 0 aliphatic rings. The van der Waals surface area contributed by atoms with E-state index in [0.29, 0.717) is 23.7 Å². The first-order valence-electron chi connectivity index (χ1n) is 9.05. The molecule has 0 aliphatic carbocycles. The summed E-state index contributed by atoms with van der Waals surface area (Å²) in [6.45, 7) is 4.22. The molecule has 28 heavy (non-hydrogen) atoms. The summed E-state index contributed by atoms with van der Waals surface area (Å²) in [5.74, 6) is -0.660. The molecule has 0 aliphatic heterocycles. The highest BCUT2D eigenvalue weighted by Gasteiger charge is 2.13. The average Bonchev–Trinajstić information content (AvgIpc) is 3.10. The third-order valence-electron chi connectivity index (χ3n) is 4.21. The van der Waals surface area contributed by atoms with Gasteiger partial charge in [-0.3, -0.25) is 14.9 Å². The second-order valence-corrected chi connectivity index (χ2v) is 7.59. The van der Waals surface area contributed by atoms with Crippen LogP contribution in [0, 0.1) is 12.7 Å². The average molecular weight is 400 g/mol. The number of carbonyl (C=O) groups excluding carboxylic acids is 1. The van der Waals surface area contributed by atoms with Crippen molar-refractivity contribution < 1.29 is 9.18 Å². The topological polar surface area (TPSA) is 76.9 Å². The van der Waals surface area contributed by atoms with E-state index < -0.39 is 5.91 Å². The number of nitrogens with zero attached hydrogens (tertiary/aromatic N) is 3. The SMILES string of the molecule is CCCCn1nc(C(=O)Nc2ncc(Cc3ccc(C)c(F)c3)s2)ccc1=O. The minimum absolute atomic E-state index is 0.160. The molecular weight excluding hydrogens is 379 g/mol. The van der Waals surface area contributed by atoms with Crippen LogP contribution in [0.5, 0.6) is 0 Å². The molecule has 0 radical (unpaired) electrons. The smallest absolute Gasteiger partial charge is 0.277 e. The molecule has 0 spiro atoms. The summed E-state index contributed by atoms with van der Waals surface area (Å²) in [4.78, 5) is 29.3. The lowest BCUT2D eigenvalue weighted by atomic mass is 10.1. The highest BCUT2D eigenvalue weighted by Crippen LogP contribution is 2.22. The molecule has 3 aromatic rings. The molecule has 146 valence electrons. The summed E-state index contributed by atoms with van der Waals surface area (Å²) in [5, 5.41) is 7.26. The largest absolute Gasteiger partial charge is 0.296 e. The van der Waals surface area contributed by atoms with Crippen molar-refractivity contribution in [1.82, 2.24) is 14.8 Å². The van der Waals surface area contributed by atoms with Crippen molar-refractivity contribution in [3.8, 4) is 0 Å². The first kappa shape index (κ1) is 19.9. The van der Waals surface area contributed by atoms with Crippen molar-refractivity contribution in [1.29, 1.82) is 0 Å². The van der Waals surface area contributed by atoms with Crippen LogP contribution in [0.25, 0.3) is 0 Å². The summed E-state index contributed by atoms with van der Waals surface area (Å²) in [5.41, 5.74) is 1.38. The van der Waals surface area contributed by atoms with Gasteiger partial charge in [0.15, 0.2) is 5.13 Å². The zero-order valence-corrected chi connectivity index (χ0v) is 16.6. The number of hydrogen-bond donors (Lipinski definition) is 1. The molecule has 6 nitrogen and oxygen atoms in total. The maximum atomic E-state index is 13.7. The van der Waals surface area contributed by atoms with Crippen molar-refractivity contribution in [3.63, 3.8) is 0 Å². The number of benzene rings is 1. The van der Waals surface area contributed by atoms with Crippen molar-refractivity contribution in [2.75, 3.05) is 5.32 Å². The van der Waals surface area contributed by atoms with Gasteiger partial charge in [-0.15, -0.1) is 11.3 Å². The van der Waals surface area contributed by atoms with Gasteiger partial charge in [-0.05, 0) is 36.6 Å². The third-order valence-corrected chi connectivity index (χ3v) is 5.12. The lowest BCUT2D eigenvalue weighted by Crippen LogP contribution is -2.26. The monoisotopic (exact) mass is 400 g/mol. The Morgan fingerprint density at radius 1 is 1.29 bits per heavy atom. The number of halogens is 1. The predicted molar refractivity (Wildman–Crippen MR) is 107 cm³/mol. The van der Waals surface area contributed by atoms with Crippen molar-refractivity contribution in [2.45, 2.75) is 39.7 Å². The van der Waals surface area contributed by atoms with Crippen LogP contribution < -0.4 is 10.9 Å². The fourth-order valence-electron chi connectivity index (χ4n) is 2.59. The molecule has 0 unspecified atom stereocenters. The number of nitrogens with one attached hydrogen (secondary N) is 1. The van der Waals surface area contributed by atoms with Gasteiger partial charge in [-0.2, -0.15) is 5.10 Å². The third kappa shape index (κ3) is 4.89. The summed E-state index contributed by atoms with van der Waals surface area (Å²) in [7, 11) is 0. The van der Waals surface area contributed by atoms with E-state index in [-0.39, 0.29) is 17.1 Å². The van der Waals surface area contributed by atoms with Gasteiger partial charge in [-0.25, -0.2) is 14.1 Å². The van der Waals surface area contributed by atoms with E-state index in [9.17, 15) is 14.0 Å². The van der Waals surface area contributed by atoms with Gasteiger partial charge in [0.1, 0.15) is 11.5 Å². The number of rotatable bonds is 7. The normalized spacial score (nSPS) is 10.8. The number of anilines is 1. The highest BCUT2D eigenvalue weighted by atomic mass is 32.1. The van der Waals surface area contributed by atoms with Crippen LogP contribution in [0.3, 0.4) is 0 Å². The molecule has 0 saturated heterocycles. The molecule has 1 amide bonds. The van der Waals surface area contributed by atoms with Crippen LogP contribution in [0.15, 0.2) is 41.3 Å². The summed E-state index contributed by atoms with van der Waals surface area (Å²) in [6, 6.07) is 7.88. The molecule has 8 heteroatoms. The van der Waals surface area contributed by atoms with E-state index in [1.807, 2.05) is 13.0 Å². The molecule has 3 rings (SSSR count). The number of carbonyl (C=O) groups is 1. The molecule has 2 heterocycles. The van der Waals surface area contributed by atoms with Gasteiger partial charge in [0.25, 0.3) is 11.5 Å². The summed E-state index contributed by atoms with van der Waals surface area (Å²) in [6.07, 6.45) is 3.93. The van der Waals surface area contributed by atoms with Crippen LogP contribution >= 0.6 is 11.3 Å². The maximum absolute atomic E-state index is 13.7. The van der Waals surface area contributed by atoms with Crippen LogP contribution in [0.4, 0.5) is 9.52 Å². The van der Waals surface area contributed by atoms with E-state index >= 15 is 0 Å². The van der Waals surface area contributed by atoms with Crippen LogP contribution in [-0.2, 0) is 13.0 Å². The first-order valence-corrected chi connectivity index (χ1v) is 9.87. The molecule has 1 aromatic carbocycles. The van der Waals surface area contributed by atoms with Crippen LogP contribution in [0.2, 0.25) is 0 Å². The Kier molecular flexibility index (Phi) is 6.30. The minimum atomic E-state index is -0.424. The van der Waals surface area contributed by atoms with Crippen molar-refractivity contribution in [3.05, 3.63) is 74.4 Å². The number of amides is 1. The molecule has 0 fully saturated rings. The Bertz CT molecular complexity index is 1040. The molecule has 1 N–H and O–H groups in total. The summed E-state index contributed by atoms with van der Waals surface area (Å²) >= 11 is 1.32. The zero-order valence-electron chi connectivity index (χ0n) is 15.7. The maximum Gasteiger partial charge on any atom is 0.277 e. The van der Waals surface area contributed by atoms with E-state index in [0.717, 1.165) is 23.3 Å². The van der Waals surface area contributed by atoms with Gasteiger partial charge in [0.05, 0.1) is 0 Å². The molecule has 2 aromatic heterocycles. The Balaban J connectivity index is 1.68. The van der Waals surface area contributed by atoms with Gasteiger partial charge < -0.3 is 0 Å². The number of thiazole rings is 1. The Hall–Kier alpha value is -2.87. The van der Waals surface area contributed by atoms with Crippen molar-refractivity contribution in [2.24, 2.45) is 0 Å². The lowest BCUT2D eigenvalue weighted by molar-refractivity contribution is 0.101. The molecule has 0 saturated carbocycles. The summed E-state index contributed by atoms with van der Waals surface area (Å²) < 4.78 is 15.0. The fourth-order valence-corrected chi connectivity index (χ4v) is 3.44. The molecule has 0 atom stereocenters.